The fraction of sp³-hybridized carbons (Fsp3) is 0.357. The highest BCUT2D eigenvalue weighted by Gasteiger charge is 2.10. The van der Waals surface area contributed by atoms with E-state index in [2.05, 4.69) is 30.7 Å². The van der Waals surface area contributed by atoms with Crippen molar-refractivity contribution >= 4 is 19.9 Å². The Hall–Kier alpha value is -1.55. The van der Waals surface area contributed by atoms with E-state index < -0.39 is 14.2 Å². The zero-order chi connectivity index (χ0) is 13.6. The molecular weight excluding hydrogens is 242 g/mol. The van der Waals surface area contributed by atoms with Gasteiger partial charge in [-0.3, -0.25) is 5.32 Å². The number of carbonyl (C=O) groups excluding carboxylic acids is 1. The molecule has 0 heterocycles. The van der Waals surface area contributed by atoms with Crippen molar-refractivity contribution in [1.29, 1.82) is 0 Å². The minimum Gasteiger partial charge on any atom is -0.442 e. The molecule has 0 aliphatic rings. The Morgan fingerprint density at radius 3 is 2.44 bits per heavy atom. The minimum atomic E-state index is -1.24. The van der Waals surface area contributed by atoms with Crippen LogP contribution in [0.1, 0.15) is 6.92 Å². The Morgan fingerprint density at radius 1 is 1.28 bits per heavy atom. The lowest BCUT2D eigenvalue weighted by Crippen LogP contribution is -2.21. The Kier molecular flexibility index (Phi) is 5.16. The molecule has 1 aromatic rings. The number of rotatable bonds is 4. The van der Waals surface area contributed by atoms with Crippen LogP contribution in [0.2, 0.25) is 19.6 Å². The van der Waals surface area contributed by atoms with Gasteiger partial charge in [0.25, 0.3) is 0 Å². The SMILES string of the molecule is CC(/C=C\[Si](C)(C)C)OC(=O)Nc1ccccc1. The lowest BCUT2D eigenvalue weighted by molar-refractivity contribution is 0.142. The third-order valence-corrected chi connectivity index (χ3v) is 3.37. The van der Waals surface area contributed by atoms with Gasteiger partial charge in [0.1, 0.15) is 6.10 Å². The van der Waals surface area contributed by atoms with Gasteiger partial charge in [0, 0.05) is 5.69 Å². The van der Waals surface area contributed by atoms with Crippen LogP contribution in [-0.2, 0) is 4.74 Å². The fourth-order valence-corrected chi connectivity index (χ4v) is 2.15. The molecule has 0 spiro atoms. The Balaban J connectivity index is 2.43. The average molecular weight is 263 g/mol. The molecule has 1 rings (SSSR count). The predicted molar refractivity (Wildman–Crippen MR) is 78.5 cm³/mol. The van der Waals surface area contributed by atoms with Crippen LogP contribution >= 0.6 is 0 Å². The number of nitrogens with one attached hydrogen (secondary N) is 1. The van der Waals surface area contributed by atoms with Crippen LogP contribution < -0.4 is 5.32 Å². The average Bonchev–Trinajstić information content (AvgIpc) is 2.26. The number of benzene rings is 1. The standard InChI is InChI=1S/C14H21NO2Si/c1-12(10-11-18(2,3)4)17-14(16)15-13-8-6-5-7-9-13/h5-12H,1-4H3,(H,15,16)/b11-10-. The first-order valence-electron chi connectivity index (χ1n) is 6.09. The molecule has 0 aliphatic heterocycles. The zero-order valence-corrected chi connectivity index (χ0v) is 12.4. The summed E-state index contributed by atoms with van der Waals surface area (Å²) in [5.74, 6) is 0. The summed E-state index contributed by atoms with van der Waals surface area (Å²) in [5.41, 5.74) is 2.91. The van der Waals surface area contributed by atoms with Crippen LogP contribution in [0, 0.1) is 0 Å². The first-order chi connectivity index (χ1) is 8.37. The molecule has 1 aromatic carbocycles. The van der Waals surface area contributed by atoms with Gasteiger partial charge in [0.15, 0.2) is 0 Å². The molecule has 98 valence electrons. The van der Waals surface area contributed by atoms with Crippen LogP contribution in [0.15, 0.2) is 42.1 Å². The lowest BCUT2D eigenvalue weighted by atomic mass is 10.3. The third kappa shape index (κ3) is 6.25. The third-order valence-electron chi connectivity index (χ3n) is 2.18. The number of para-hydroxylation sites is 1. The van der Waals surface area contributed by atoms with Gasteiger partial charge in [0.2, 0.25) is 0 Å². The van der Waals surface area contributed by atoms with Crippen molar-refractivity contribution in [1.82, 2.24) is 0 Å². The van der Waals surface area contributed by atoms with E-state index >= 15 is 0 Å². The molecule has 4 heteroatoms. The smallest absolute Gasteiger partial charge is 0.412 e. The van der Waals surface area contributed by atoms with Crippen LogP contribution in [0.4, 0.5) is 10.5 Å². The highest BCUT2D eigenvalue weighted by Crippen LogP contribution is 2.08. The normalized spacial score (nSPS) is 13.3. The van der Waals surface area contributed by atoms with Crippen molar-refractivity contribution in [3.8, 4) is 0 Å². The summed E-state index contributed by atoms with van der Waals surface area (Å²) in [6, 6.07) is 9.28. The second-order valence-corrected chi connectivity index (χ2v) is 10.4. The summed E-state index contributed by atoms with van der Waals surface area (Å²) in [4.78, 5) is 11.6. The number of carbonyl (C=O) groups is 1. The summed E-state index contributed by atoms with van der Waals surface area (Å²) in [6.45, 7) is 8.57. The van der Waals surface area contributed by atoms with E-state index in [1.807, 2.05) is 43.3 Å². The van der Waals surface area contributed by atoms with Crippen molar-refractivity contribution in [2.24, 2.45) is 0 Å². The van der Waals surface area contributed by atoms with E-state index in [9.17, 15) is 4.79 Å². The molecule has 3 nitrogen and oxygen atoms in total. The van der Waals surface area contributed by atoms with Gasteiger partial charge in [-0.1, -0.05) is 49.6 Å². The molecular formula is C14H21NO2Si. The van der Waals surface area contributed by atoms with E-state index in [0.29, 0.717) is 0 Å². The van der Waals surface area contributed by atoms with Gasteiger partial charge in [-0.15, -0.1) is 0 Å². The largest absolute Gasteiger partial charge is 0.442 e. The Morgan fingerprint density at radius 2 is 1.89 bits per heavy atom. The van der Waals surface area contributed by atoms with E-state index in [4.69, 9.17) is 4.74 Å². The van der Waals surface area contributed by atoms with Gasteiger partial charge in [-0.2, -0.15) is 0 Å². The highest BCUT2D eigenvalue weighted by atomic mass is 28.3. The molecule has 0 saturated carbocycles. The highest BCUT2D eigenvalue weighted by molar-refractivity contribution is 6.80. The number of anilines is 1. The predicted octanol–water partition coefficient (Wildman–Crippen LogP) is 4.06. The van der Waals surface area contributed by atoms with E-state index in [0.717, 1.165) is 5.69 Å². The Labute approximate surface area is 110 Å². The molecule has 0 saturated heterocycles. The van der Waals surface area contributed by atoms with Gasteiger partial charge in [-0.25, -0.2) is 4.79 Å². The second kappa shape index (κ2) is 6.40. The Bertz CT molecular complexity index is 410. The summed E-state index contributed by atoms with van der Waals surface area (Å²) in [7, 11) is -1.24. The maximum atomic E-state index is 11.6. The maximum absolute atomic E-state index is 11.6. The molecule has 0 aliphatic carbocycles. The number of amides is 1. The molecule has 0 fully saturated rings. The number of ether oxygens (including phenoxy) is 1. The van der Waals surface area contributed by atoms with Crippen molar-refractivity contribution in [2.45, 2.75) is 32.7 Å². The van der Waals surface area contributed by atoms with E-state index in [-0.39, 0.29) is 6.10 Å². The maximum Gasteiger partial charge on any atom is 0.412 e. The molecule has 1 N–H and O–H groups in total. The van der Waals surface area contributed by atoms with Crippen molar-refractivity contribution in [3.63, 3.8) is 0 Å². The van der Waals surface area contributed by atoms with E-state index in [1.54, 1.807) is 0 Å². The van der Waals surface area contributed by atoms with Crippen LogP contribution in [0.25, 0.3) is 0 Å². The fourth-order valence-electron chi connectivity index (χ4n) is 1.30. The van der Waals surface area contributed by atoms with Crippen molar-refractivity contribution in [3.05, 3.63) is 42.1 Å². The van der Waals surface area contributed by atoms with Crippen molar-refractivity contribution < 1.29 is 9.53 Å². The lowest BCUT2D eigenvalue weighted by Gasteiger charge is -2.13. The molecule has 0 aromatic heterocycles. The first-order valence-corrected chi connectivity index (χ1v) is 9.66. The summed E-state index contributed by atoms with van der Waals surface area (Å²) < 4.78 is 5.24. The van der Waals surface area contributed by atoms with Gasteiger partial charge in [0.05, 0.1) is 8.07 Å². The van der Waals surface area contributed by atoms with Crippen LogP contribution in [0.3, 0.4) is 0 Å². The number of hydrogen-bond acceptors (Lipinski definition) is 2. The van der Waals surface area contributed by atoms with Gasteiger partial charge >= 0.3 is 6.09 Å². The molecule has 1 atom stereocenters. The molecule has 0 bridgehead atoms. The van der Waals surface area contributed by atoms with Crippen LogP contribution in [0.5, 0.6) is 0 Å². The quantitative estimate of drug-likeness (QED) is 0.832. The van der Waals surface area contributed by atoms with E-state index in [1.165, 1.54) is 0 Å². The van der Waals surface area contributed by atoms with Gasteiger partial charge in [-0.05, 0) is 19.1 Å². The number of hydrogen-bond donors (Lipinski definition) is 1. The zero-order valence-electron chi connectivity index (χ0n) is 11.4. The summed E-state index contributed by atoms with van der Waals surface area (Å²) in [6.07, 6.45) is 1.32. The molecule has 1 unspecified atom stereocenters. The first kappa shape index (κ1) is 14.5. The van der Waals surface area contributed by atoms with Gasteiger partial charge < -0.3 is 4.74 Å². The minimum absolute atomic E-state index is 0.208. The van der Waals surface area contributed by atoms with Crippen LogP contribution in [-0.4, -0.2) is 20.3 Å². The second-order valence-electron chi connectivity index (χ2n) is 5.33. The molecule has 18 heavy (non-hydrogen) atoms. The molecule has 0 radical (unpaired) electrons. The summed E-state index contributed by atoms with van der Waals surface area (Å²) >= 11 is 0. The monoisotopic (exact) mass is 263 g/mol. The topological polar surface area (TPSA) is 38.3 Å². The summed E-state index contributed by atoms with van der Waals surface area (Å²) in [5, 5.41) is 2.69. The van der Waals surface area contributed by atoms with Crippen molar-refractivity contribution in [2.75, 3.05) is 5.32 Å². The molecule has 1 amide bonds.